The Morgan fingerprint density at radius 3 is 2.57 bits per heavy atom. The lowest BCUT2D eigenvalue weighted by molar-refractivity contribution is -0.134. The third-order valence-corrected chi connectivity index (χ3v) is 10.3. The number of likely N-dealkylation sites (tertiary alicyclic amines) is 1. The number of nitrogens with one attached hydrogen (secondary N) is 4. The van der Waals surface area contributed by atoms with E-state index in [1.807, 2.05) is 4.90 Å². The predicted molar refractivity (Wildman–Crippen MR) is 114 cm³/mol. The van der Waals surface area contributed by atoms with Crippen molar-refractivity contribution in [1.29, 1.82) is 0 Å². The Morgan fingerprint density at radius 2 is 1.80 bits per heavy atom. The van der Waals surface area contributed by atoms with Crippen LogP contribution in [0.25, 0.3) is 0 Å². The van der Waals surface area contributed by atoms with E-state index in [4.69, 9.17) is 0 Å². The fourth-order valence-corrected chi connectivity index (χ4v) is 8.09. The van der Waals surface area contributed by atoms with Crippen molar-refractivity contribution in [1.82, 2.24) is 25.6 Å². The van der Waals surface area contributed by atoms with Crippen LogP contribution in [0, 0.1) is 5.92 Å². The van der Waals surface area contributed by atoms with Gasteiger partial charge < -0.3 is 15.5 Å². The van der Waals surface area contributed by atoms with Gasteiger partial charge in [-0.05, 0) is 44.4 Å². The highest BCUT2D eigenvalue weighted by Gasteiger charge is 2.44. The Kier molecular flexibility index (Phi) is 5.66. The largest absolute Gasteiger partial charge is 0.340 e. The van der Waals surface area contributed by atoms with Gasteiger partial charge in [0.05, 0.1) is 11.3 Å². The molecule has 3 aliphatic heterocycles. The average Bonchev–Trinajstić information content (AvgIpc) is 3.37. The summed E-state index contributed by atoms with van der Waals surface area (Å²) in [6.45, 7) is 1.38. The summed E-state index contributed by atoms with van der Waals surface area (Å²) in [7, 11) is -3.55. The Bertz CT molecular complexity index is 791. The average molecular weight is 458 g/mol. The number of sulfonamides is 1. The molecule has 168 valence electrons. The minimum Gasteiger partial charge on any atom is -0.340 e. The van der Waals surface area contributed by atoms with Gasteiger partial charge in [-0.1, -0.05) is 12.8 Å². The monoisotopic (exact) mass is 457 g/mol. The zero-order chi connectivity index (χ0) is 20.9. The lowest BCUT2D eigenvalue weighted by Crippen LogP contribution is -2.54. The van der Waals surface area contributed by atoms with Crippen LogP contribution >= 0.6 is 11.8 Å². The number of fused-ring (bicyclic) bond motifs is 2. The molecule has 11 heteroatoms. The number of nitrogens with zero attached hydrogens (tertiary/aromatic N) is 1. The van der Waals surface area contributed by atoms with Crippen LogP contribution in [0.3, 0.4) is 0 Å². The van der Waals surface area contributed by atoms with Crippen LogP contribution < -0.4 is 20.7 Å². The molecule has 5 fully saturated rings. The van der Waals surface area contributed by atoms with E-state index < -0.39 is 21.3 Å². The molecule has 2 aliphatic carbocycles. The maximum atomic E-state index is 13.1. The van der Waals surface area contributed by atoms with Gasteiger partial charge in [0.15, 0.2) is 0 Å². The topological polar surface area (TPSA) is 120 Å². The molecule has 6 unspecified atom stereocenters. The summed E-state index contributed by atoms with van der Waals surface area (Å²) in [6, 6.07) is -0.0205. The van der Waals surface area contributed by atoms with Gasteiger partial charge in [-0.2, -0.15) is 0 Å². The molecule has 30 heavy (non-hydrogen) atoms. The quantitative estimate of drug-likeness (QED) is 0.479. The summed E-state index contributed by atoms with van der Waals surface area (Å²) in [5, 5.41) is 9.43. The number of hydrogen-bond acceptors (Lipinski definition) is 7. The summed E-state index contributed by atoms with van der Waals surface area (Å²) in [4.78, 5) is 27.2. The van der Waals surface area contributed by atoms with Gasteiger partial charge in [0.1, 0.15) is 5.50 Å². The predicted octanol–water partition coefficient (Wildman–Crippen LogP) is 0.288. The van der Waals surface area contributed by atoms with Crippen LogP contribution in [-0.2, 0) is 14.8 Å². The van der Waals surface area contributed by atoms with Crippen LogP contribution in [0.5, 0.6) is 0 Å². The number of amides is 3. The van der Waals surface area contributed by atoms with Crippen LogP contribution in [0.4, 0.5) is 4.79 Å². The first kappa shape index (κ1) is 20.8. The van der Waals surface area contributed by atoms with Gasteiger partial charge in [-0.3, -0.25) is 10.1 Å². The van der Waals surface area contributed by atoms with Crippen LogP contribution in [-0.4, -0.2) is 72.5 Å². The fourth-order valence-electron chi connectivity index (χ4n) is 5.40. The second-order valence-electron chi connectivity index (χ2n) is 9.33. The first-order chi connectivity index (χ1) is 14.4. The maximum Gasteiger partial charge on any atom is 0.330 e. The lowest BCUT2D eigenvalue weighted by atomic mass is 9.85. The number of thioether (sulfide) groups is 1. The molecule has 3 heterocycles. The van der Waals surface area contributed by atoms with Crippen molar-refractivity contribution in [3.05, 3.63) is 0 Å². The third kappa shape index (κ3) is 4.31. The number of urea groups is 1. The summed E-state index contributed by atoms with van der Waals surface area (Å²) in [5.41, 5.74) is -0.350. The summed E-state index contributed by atoms with van der Waals surface area (Å²) in [5.74, 6) is 0.861. The van der Waals surface area contributed by atoms with Crippen molar-refractivity contribution >= 4 is 33.7 Å². The number of hydrogen-bond donors (Lipinski definition) is 4. The van der Waals surface area contributed by atoms with Gasteiger partial charge in [-0.15, -0.1) is 11.8 Å². The molecule has 5 rings (SSSR count). The third-order valence-electron chi connectivity index (χ3n) is 7.17. The molecule has 6 atom stereocenters. The van der Waals surface area contributed by atoms with Crippen molar-refractivity contribution in [2.75, 3.05) is 13.1 Å². The number of rotatable bonds is 4. The highest BCUT2D eigenvalue weighted by molar-refractivity contribution is 8.00. The molecule has 0 spiro atoms. The van der Waals surface area contributed by atoms with Crippen molar-refractivity contribution < 1.29 is 18.0 Å². The van der Waals surface area contributed by atoms with Crippen LogP contribution in [0.15, 0.2) is 0 Å². The van der Waals surface area contributed by atoms with Gasteiger partial charge in [-0.25, -0.2) is 17.9 Å². The summed E-state index contributed by atoms with van der Waals surface area (Å²) in [6.07, 6.45) is 7.98. The molecular weight excluding hydrogens is 426 g/mol. The van der Waals surface area contributed by atoms with Crippen molar-refractivity contribution in [3.8, 4) is 0 Å². The lowest BCUT2D eigenvalue weighted by Gasteiger charge is -2.35. The molecule has 4 N–H and O–H groups in total. The van der Waals surface area contributed by atoms with Crippen molar-refractivity contribution in [3.63, 3.8) is 0 Å². The highest BCUT2D eigenvalue weighted by Crippen LogP contribution is 2.36. The zero-order valence-corrected chi connectivity index (χ0v) is 18.6. The smallest absolute Gasteiger partial charge is 0.330 e. The molecule has 9 nitrogen and oxygen atoms in total. The van der Waals surface area contributed by atoms with E-state index in [0.717, 1.165) is 19.4 Å². The summed E-state index contributed by atoms with van der Waals surface area (Å²) >= 11 is 1.56. The van der Waals surface area contributed by atoms with Crippen molar-refractivity contribution in [2.45, 2.75) is 85.5 Å². The Balaban J connectivity index is 1.12. The van der Waals surface area contributed by atoms with Gasteiger partial charge >= 0.3 is 6.03 Å². The molecule has 2 saturated carbocycles. The molecule has 0 bridgehead atoms. The number of carbonyl (C=O) groups excluding carboxylic acids is 2. The van der Waals surface area contributed by atoms with Crippen molar-refractivity contribution in [2.24, 2.45) is 5.92 Å². The molecule has 0 aromatic carbocycles. The van der Waals surface area contributed by atoms with E-state index in [1.165, 1.54) is 25.7 Å². The molecular formula is C19H31N5O4S2. The standard InChI is InChI=1S/C19H31N5O4S2/c25-17(15-9-11-3-1-2-4-13(11)20-15)24-8-7-14-16(10-24)29-19(21-14)22-18(26)23-30(27,28)12-5-6-12/h11-16,19-21H,1-10H2,(H2,22,23,26). The first-order valence-electron chi connectivity index (χ1n) is 11.2. The highest BCUT2D eigenvalue weighted by atomic mass is 32.2. The molecule has 5 aliphatic rings. The second kappa shape index (κ2) is 8.14. The minimum absolute atomic E-state index is 0.0543. The Morgan fingerprint density at radius 1 is 1.00 bits per heavy atom. The van der Waals surface area contributed by atoms with E-state index in [2.05, 4.69) is 20.7 Å². The minimum atomic E-state index is -3.55. The van der Waals surface area contributed by atoms with Crippen LogP contribution in [0.1, 0.15) is 51.4 Å². The number of piperidine rings is 1. The van der Waals surface area contributed by atoms with E-state index in [-0.39, 0.29) is 28.7 Å². The van der Waals surface area contributed by atoms with Gasteiger partial charge in [0.25, 0.3) is 0 Å². The fraction of sp³-hybridized carbons (Fsp3) is 0.895. The first-order valence-corrected chi connectivity index (χ1v) is 13.7. The van der Waals surface area contributed by atoms with Crippen LogP contribution in [0.2, 0.25) is 0 Å². The zero-order valence-electron chi connectivity index (χ0n) is 17.0. The van der Waals surface area contributed by atoms with E-state index in [9.17, 15) is 18.0 Å². The van der Waals surface area contributed by atoms with Gasteiger partial charge in [0.2, 0.25) is 15.9 Å². The number of carbonyl (C=O) groups is 2. The SMILES string of the molecule is O=C(NC1NC2CCN(C(=O)C3CC4CCCCC4N3)CC2S1)NS(=O)(=O)C1CC1. The molecule has 0 radical (unpaired) electrons. The van der Waals surface area contributed by atoms with Gasteiger partial charge in [0, 0.05) is 30.4 Å². The van der Waals surface area contributed by atoms with E-state index in [1.54, 1.807) is 11.8 Å². The Labute approximate surface area is 181 Å². The molecule has 0 aromatic rings. The second-order valence-corrected chi connectivity index (χ2v) is 12.6. The molecule has 3 amide bonds. The molecule has 0 aromatic heterocycles. The summed E-state index contributed by atoms with van der Waals surface area (Å²) < 4.78 is 25.9. The normalized spacial score (nSPS) is 38.6. The Hall–Kier alpha value is -1.04. The van der Waals surface area contributed by atoms with E-state index in [0.29, 0.717) is 31.3 Å². The maximum absolute atomic E-state index is 13.1. The molecule has 3 saturated heterocycles. The van der Waals surface area contributed by atoms with E-state index >= 15 is 0 Å².